The van der Waals surface area contributed by atoms with Gasteiger partial charge in [0.15, 0.2) is 0 Å². The first-order chi connectivity index (χ1) is 7.49. The average molecular weight is 228 g/mol. The van der Waals surface area contributed by atoms with E-state index in [-0.39, 0.29) is 24.1 Å². The zero-order valence-corrected chi connectivity index (χ0v) is 10.1. The number of nitrogens with one attached hydrogen (secondary N) is 2. The number of esters is 1. The Morgan fingerprint density at radius 1 is 1.50 bits per heavy atom. The SMILES string of the molecule is CC(C)COC(=O)CCC1NC(=O)[C@H](C)N1. The largest absolute Gasteiger partial charge is 0.465 e. The van der Waals surface area contributed by atoms with Gasteiger partial charge in [-0.1, -0.05) is 13.8 Å². The maximum Gasteiger partial charge on any atom is 0.305 e. The summed E-state index contributed by atoms with van der Waals surface area (Å²) in [6, 6.07) is -0.170. The van der Waals surface area contributed by atoms with Crippen LogP contribution in [0.2, 0.25) is 0 Å². The van der Waals surface area contributed by atoms with E-state index in [1.54, 1.807) is 6.92 Å². The van der Waals surface area contributed by atoms with Crippen LogP contribution >= 0.6 is 0 Å². The van der Waals surface area contributed by atoms with E-state index in [1.165, 1.54) is 0 Å². The minimum Gasteiger partial charge on any atom is -0.465 e. The van der Waals surface area contributed by atoms with E-state index >= 15 is 0 Å². The first kappa shape index (κ1) is 13.0. The number of carbonyl (C=O) groups is 2. The molecular weight excluding hydrogens is 208 g/mol. The molecule has 1 unspecified atom stereocenters. The number of carbonyl (C=O) groups excluding carboxylic acids is 2. The van der Waals surface area contributed by atoms with Gasteiger partial charge in [-0.25, -0.2) is 0 Å². The van der Waals surface area contributed by atoms with Crippen LogP contribution in [0.1, 0.15) is 33.6 Å². The van der Waals surface area contributed by atoms with E-state index in [9.17, 15) is 9.59 Å². The summed E-state index contributed by atoms with van der Waals surface area (Å²) in [5.41, 5.74) is 0. The summed E-state index contributed by atoms with van der Waals surface area (Å²) >= 11 is 0. The number of rotatable bonds is 5. The maximum absolute atomic E-state index is 11.3. The Hall–Kier alpha value is -1.10. The standard InChI is InChI=1S/C11H20N2O3/c1-7(2)6-16-10(14)5-4-9-12-8(3)11(15)13-9/h7-9,12H,4-6H2,1-3H3,(H,13,15)/t8-,9?/m0/s1. The van der Waals surface area contributed by atoms with Gasteiger partial charge in [-0.2, -0.15) is 0 Å². The molecule has 16 heavy (non-hydrogen) atoms. The molecule has 1 rings (SSSR count). The van der Waals surface area contributed by atoms with E-state index in [0.29, 0.717) is 25.4 Å². The van der Waals surface area contributed by atoms with Crippen molar-refractivity contribution in [3.05, 3.63) is 0 Å². The van der Waals surface area contributed by atoms with Crippen LogP contribution in [-0.4, -0.2) is 30.7 Å². The number of hydrogen-bond donors (Lipinski definition) is 2. The van der Waals surface area contributed by atoms with Gasteiger partial charge in [-0.05, 0) is 19.3 Å². The van der Waals surface area contributed by atoms with Crippen molar-refractivity contribution < 1.29 is 14.3 Å². The van der Waals surface area contributed by atoms with Crippen LogP contribution in [0.5, 0.6) is 0 Å². The summed E-state index contributed by atoms with van der Waals surface area (Å²) in [6.45, 7) is 6.24. The molecule has 1 amide bonds. The normalized spacial score (nSPS) is 24.6. The molecule has 0 saturated carbocycles. The second-order valence-electron chi connectivity index (χ2n) is 4.57. The first-order valence-corrected chi connectivity index (χ1v) is 5.71. The van der Waals surface area contributed by atoms with Crippen molar-refractivity contribution in [2.24, 2.45) is 5.92 Å². The Labute approximate surface area is 95.9 Å². The fourth-order valence-electron chi connectivity index (χ4n) is 1.47. The summed E-state index contributed by atoms with van der Waals surface area (Å²) in [7, 11) is 0. The van der Waals surface area contributed by atoms with Crippen molar-refractivity contribution in [3.8, 4) is 0 Å². The molecule has 1 aliphatic heterocycles. The average Bonchev–Trinajstić information content (AvgIpc) is 2.52. The molecule has 0 aromatic rings. The van der Waals surface area contributed by atoms with E-state index in [2.05, 4.69) is 10.6 Å². The molecule has 0 spiro atoms. The third-order valence-corrected chi connectivity index (χ3v) is 2.38. The van der Waals surface area contributed by atoms with Gasteiger partial charge >= 0.3 is 5.97 Å². The minimum atomic E-state index is -0.204. The first-order valence-electron chi connectivity index (χ1n) is 5.71. The number of ether oxygens (including phenoxy) is 1. The van der Waals surface area contributed by atoms with Crippen molar-refractivity contribution in [2.45, 2.75) is 45.8 Å². The molecule has 1 heterocycles. The molecule has 0 bridgehead atoms. The van der Waals surface area contributed by atoms with Crippen molar-refractivity contribution in [1.29, 1.82) is 0 Å². The molecule has 92 valence electrons. The van der Waals surface area contributed by atoms with Crippen molar-refractivity contribution in [3.63, 3.8) is 0 Å². The Morgan fingerprint density at radius 3 is 2.69 bits per heavy atom. The zero-order valence-electron chi connectivity index (χ0n) is 10.1. The highest BCUT2D eigenvalue weighted by atomic mass is 16.5. The molecule has 0 aromatic heterocycles. The molecule has 2 atom stereocenters. The van der Waals surface area contributed by atoms with Crippen molar-refractivity contribution in [1.82, 2.24) is 10.6 Å². The molecular formula is C11H20N2O3. The monoisotopic (exact) mass is 228 g/mol. The lowest BCUT2D eigenvalue weighted by molar-refractivity contribution is -0.145. The van der Waals surface area contributed by atoms with Gasteiger partial charge < -0.3 is 10.1 Å². The summed E-state index contributed by atoms with van der Waals surface area (Å²) in [5.74, 6) is 0.137. The van der Waals surface area contributed by atoms with Gasteiger partial charge in [-0.3, -0.25) is 14.9 Å². The highest BCUT2D eigenvalue weighted by molar-refractivity contribution is 5.83. The van der Waals surface area contributed by atoms with Gasteiger partial charge in [-0.15, -0.1) is 0 Å². The predicted molar refractivity (Wildman–Crippen MR) is 59.6 cm³/mol. The van der Waals surface area contributed by atoms with Crippen molar-refractivity contribution >= 4 is 11.9 Å². The summed E-state index contributed by atoms with van der Waals surface area (Å²) in [5, 5.41) is 5.82. The van der Waals surface area contributed by atoms with Crippen LogP contribution < -0.4 is 10.6 Å². The molecule has 1 saturated heterocycles. The highest BCUT2D eigenvalue weighted by Gasteiger charge is 2.27. The Morgan fingerprint density at radius 2 is 2.19 bits per heavy atom. The number of amides is 1. The molecule has 2 N–H and O–H groups in total. The molecule has 0 radical (unpaired) electrons. The molecule has 5 nitrogen and oxygen atoms in total. The third-order valence-electron chi connectivity index (χ3n) is 2.38. The van der Waals surface area contributed by atoms with Crippen LogP contribution in [0, 0.1) is 5.92 Å². The fourth-order valence-corrected chi connectivity index (χ4v) is 1.47. The highest BCUT2D eigenvalue weighted by Crippen LogP contribution is 2.04. The topological polar surface area (TPSA) is 67.4 Å². The van der Waals surface area contributed by atoms with E-state index in [1.807, 2.05) is 13.8 Å². The van der Waals surface area contributed by atoms with Crippen LogP contribution in [0.3, 0.4) is 0 Å². The third kappa shape index (κ3) is 4.18. The molecule has 1 aliphatic rings. The minimum absolute atomic E-state index is 0.0134. The smallest absolute Gasteiger partial charge is 0.305 e. The van der Waals surface area contributed by atoms with Crippen LogP contribution in [0.15, 0.2) is 0 Å². The second kappa shape index (κ2) is 5.84. The van der Waals surface area contributed by atoms with Crippen LogP contribution in [0.4, 0.5) is 0 Å². The lowest BCUT2D eigenvalue weighted by atomic mass is 10.2. The predicted octanol–water partition coefficient (Wildman–Crippen LogP) is 0.400. The molecule has 0 aromatic carbocycles. The summed E-state index contributed by atoms with van der Waals surface area (Å²) in [6.07, 6.45) is 0.804. The Bertz CT molecular complexity index is 266. The molecule has 0 aliphatic carbocycles. The van der Waals surface area contributed by atoms with E-state index in [0.717, 1.165) is 0 Å². The van der Waals surface area contributed by atoms with Crippen molar-refractivity contribution in [2.75, 3.05) is 6.61 Å². The lowest BCUT2D eigenvalue weighted by Gasteiger charge is -2.11. The van der Waals surface area contributed by atoms with Gasteiger partial charge in [0, 0.05) is 6.42 Å². The molecule has 1 fully saturated rings. The van der Waals surface area contributed by atoms with Crippen LogP contribution in [0.25, 0.3) is 0 Å². The Kier molecular flexibility index (Phi) is 4.73. The summed E-state index contributed by atoms with van der Waals surface area (Å²) < 4.78 is 5.04. The Balaban J connectivity index is 2.15. The van der Waals surface area contributed by atoms with Crippen LogP contribution in [-0.2, 0) is 14.3 Å². The van der Waals surface area contributed by atoms with Gasteiger partial charge in [0.1, 0.15) is 0 Å². The number of hydrogen-bond acceptors (Lipinski definition) is 4. The van der Waals surface area contributed by atoms with Gasteiger partial charge in [0.05, 0.1) is 18.8 Å². The maximum atomic E-state index is 11.3. The second-order valence-corrected chi connectivity index (χ2v) is 4.57. The quantitative estimate of drug-likeness (QED) is 0.668. The summed E-state index contributed by atoms with van der Waals surface area (Å²) in [4.78, 5) is 22.5. The zero-order chi connectivity index (χ0) is 12.1. The van der Waals surface area contributed by atoms with E-state index < -0.39 is 0 Å². The van der Waals surface area contributed by atoms with E-state index in [4.69, 9.17) is 4.74 Å². The molecule has 5 heteroatoms. The fraction of sp³-hybridized carbons (Fsp3) is 0.818. The van der Waals surface area contributed by atoms with Gasteiger partial charge in [0.25, 0.3) is 0 Å². The lowest BCUT2D eigenvalue weighted by Crippen LogP contribution is -2.33. The van der Waals surface area contributed by atoms with Gasteiger partial charge in [0.2, 0.25) is 5.91 Å².